The van der Waals surface area contributed by atoms with Crippen LogP contribution in [0.2, 0.25) is 0 Å². The average Bonchev–Trinajstić information content (AvgIpc) is 3.03. The van der Waals surface area contributed by atoms with Crippen molar-refractivity contribution in [3.63, 3.8) is 0 Å². The van der Waals surface area contributed by atoms with Crippen LogP contribution in [0, 0.1) is 5.82 Å². The van der Waals surface area contributed by atoms with Gasteiger partial charge in [-0.1, -0.05) is 31.0 Å². The molecule has 0 bridgehead atoms. The third-order valence-corrected chi connectivity index (χ3v) is 5.43. The first-order valence-corrected chi connectivity index (χ1v) is 7.85. The number of thioether (sulfide) groups is 1. The number of nitrogens with zero attached hydrogens (tertiary/aromatic N) is 2. The maximum atomic E-state index is 13.0. The summed E-state index contributed by atoms with van der Waals surface area (Å²) in [5, 5.41) is 8.74. The third kappa shape index (κ3) is 1.84. The molecule has 1 aromatic carbocycles. The van der Waals surface area contributed by atoms with Crippen LogP contribution in [0.15, 0.2) is 40.7 Å². The fourth-order valence-electron chi connectivity index (χ4n) is 3.02. The largest absolute Gasteiger partial charge is 0.418 e. The Balaban J connectivity index is 1.64. The molecule has 5 heteroatoms. The van der Waals surface area contributed by atoms with Gasteiger partial charge in [-0.15, -0.1) is 5.10 Å². The molecule has 4 rings (SSSR count). The highest BCUT2D eigenvalue weighted by Gasteiger charge is 2.47. The quantitative estimate of drug-likeness (QED) is 0.780. The van der Waals surface area contributed by atoms with Crippen molar-refractivity contribution in [2.75, 3.05) is 0 Å². The van der Waals surface area contributed by atoms with Crippen molar-refractivity contribution in [2.45, 2.75) is 37.0 Å². The first-order valence-electron chi connectivity index (χ1n) is 6.98. The van der Waals surface area contributed by atoms with Crippen LogP contribution in [0.25, 0.3) is 0 Å². The Labute approximate surface area is 121 Å². The summed E-state index contributed by atoms with van der Waals surface area (Å²) in [6.45, 7) is 0. The van der Waals surface area contributed by atoms with Crippen molar-refractivity contribution in [3.05, 3.63) is 46.9 Å². The maximum Gasteiger partial charge on any atom is 0.245 e. The van der Waals surface area contributed by atoms with Gasteiger partial charge in [0.1, 0.15) is 10.7 Å². The summed E-state index contributed by atoms with van der Waals surface area (Å²) in [6.07, 6.45) is 6.07. The van der Waals surface area contributed by atoms with Crippen LogP contribution < -0.4 is 0 Å². The maximum absolute atomic E-state index is 13.0. The monoisotopic (exact) mass is 290 g/mol. The van der Waals surface area contributed by atoms with Gasteiger partial charge in [-0.25, -0.2) is 9.40 Å². The van der Waals surface area contributed by atoms with E-state index in [0.29, 0.717) is 5.90 Å². The number of ether oxygens (including phenoxy) is 1. The van der Waals surface area contributed by atoms with Gasteiger partial charge < -0.3 is 4.74 Å². The molecule has 1 spiro atoms. The Morgan fingerprint density at radius 3 is 2.65 bits per heavy atom. The summed E-state index contributed by atoms with van der Waals surface area (Å²) in [4.78, 5) is 0.0510. The molecule has 0 unspecified atom stereocenters. The van der Waals surface area contributed by atoms with E-state index in [4.69, 9.17) is 4.74 Å². The summed E-state index contributed by atoms with van der Waals surface area (Å²) >= 11 is 1.83. The van der Waals surface area contributed by atoms with Gasteiger partial charge in [-0.05, 0) is 37.1 Å². The second kappa shape index (κ2) is 4.52. The van der Waals surface area contributed by atoms with Gasteiger partial charge in [0.25, 0.3) is 0 Å². The Bertz CT molecular complexity index is 590. The molecule has 2 heterocycles. The van der Waals surface area contributed by atoms with Crippen molar-refractivity contribution in [3.8, 4) is 0 Å². The zero-order valence-electron chi connectivity index (χ0n) is 11.0. The van der Waals surface area contributed by atoms with Crippen molar-refractivity contribution in [1.82, 2.24) is 5.01 Å². The number of benzene rings is 1. The fourth-order valence-corrected chi connectivity index (χ4v) is 4.24. The number of fused-ring (bicyclic) bond motifs is 2. The Hall–Kier alpha value is -1.49. The molecule has 20 heavy (non-hydrogen) atoms. The summed E-state index contributed by atoms with van der Waals surface area (Å²) in [6, 6.07) is 6.28. The number of halogens is 1. The molecule has 0 atom stereocenters. The molecule has 0 aromatic heterocycles. The van der Waals surface area contributed by atoms with Crippen LogP contribution in [0.1, 0.15) is 37.7 Å². The number of hydrogen-bond acceptors (Lipinski definition) is 4. The Kier molecular flexibility index (Phi) is 2.77. The van der Waals surface area contributed by atoms with Crippen LogP contribution >= 0.6 is 11.8 Å². The first-order chi connectivity index (χ1) is 9.77. The molecule has 1 saturated carbocycles. The van der Waals surface area contributed by atoms with E-state index in [9.17, 15) is 4.39 Å². The van der Waals surface area contributed by atoms with E-state index in [0.717, 1.165) is 24.3 Å². The molecule has 0 saturated heterocycles. The molecule has 1 fully saturated rings. The lowest BCUT2D eigenvalue weighted by atomic mass is 9.94. The van der Waals surface area contributed by atoms with E-state index < -0.39 is 0 Å². The van der Waals surface area contributed by atoms with Crippen molar-refractivity contribution in [1.29, 1.82) is 0 Å². The van der Waals surface area contributed by atoms with Gasteiger partial charge in [0, 0.05) is 11.0 Å². The van der Waals surface area contributed by atoms with Crippen molar-refractivity contribution in [2.24, 2.45) is 5.10 Å². The highest BCUT2D eigenvalue weighted by molar-refractivity contribution is 8.03. The van der Waals surface area contributed by atoms with Gasteiger partial charge in [0.15, 0.2) is 0 Å². The Morgan fingerprint density at radius 1 is 1.15 bits per heavy atom. The Morgan fingerprint density at radius 2 is 1.90 bits per heavy atom. The molecule has 2 aliphatic heterocycles. The predicted octanol–water partition coefficient (Wildman–Crippen LogP) is 4.03. The lowest BCUT2D eigenvalue weighted by Gasteiger charge is -2.37. The molecule has 1 aliphatic carbocycles. The van der Waals surface area contributed by atoms with Gasteiger partial charge in [-0.3, -0.25) is 0 Å². The lowest BCUT2D eigenvalue weighted by Crippen LogP contribution is -2.39. The van der Waals surface area contributed by atoms with E-state index in [-0.39, 0.29) is 10.7 Å². The zero-order chi connectivity index (χ0) is 13.6. The summed E-state index contributed by atoms with van der Waals surface area (Å²) in [7, 11) is 0. The SMILES string of the molecule is Fc1ccc(C2=NN3C(=CSC34CCCCC4)O2)cc1. The number of rotatable bonds is 1. The number of hydrogen-bond donors (Lipinski definition) is 0. The van der Waals surface area contributed by atoms with E-state index in [1.165, 1.54) is 31.4 Å². The highest BCUT2D eigenvalue weighted by Crippen LogP contribution is 2.52. The molecule has 1 aromatic rings. The minimum atomic E-state index is -0.244. The van der Waals surface area contributed by atoms with Gasteiger partial charge in [0.2, 0.25) is 11.8 Å². The molecule has 104 valence electrons. The third-order valence-electron chi connectivity index (χ3n) is 4.09. The fraction of sp³-hybridized carbons (Fsp3) is 0.400. The molecule has 0 amide bonds. The van der Waals surface area contributed by atoms with Crippen LogP contribution in [0.4, 0.5) is 4.39 Å². The second-order valence-corrected chi connectivity index (χ2v) is 6.64. The standard InChI is InChI=1S/C15H15FN2OS/c16-12-6-4-11(5-7-12)14-17-18-13(19-14)10-20-15(18)8-2-1-3-9-15/h4-7,10H,1-3,8-9H2. The van der Waals surface area contributed by atoms with Crippen LogP contribution in [-0.4, -0.2) is 15.8 Å². The molecular weight excluding hydrogens is 275 g/mol. The second-order valence-electron chi connectivity index (χ2n) is 5.41. The predicted molar refractivity (Wildman–Crippen MR) is 77.4 cm³/mol. The molecule has 3 nitrogen and oxygen atoms in total. The van der Waals surface area contributed by atoms with Gasteiger partial charge in [-0.2, -0.15) is 0 Å². The lowest BCUT2D eigenvalue weighted by molar-refractivity contribution is 0.150. The van der Waals surface area contributed by atoms with Crippen LogP contribution in [0.5, 0.6) is 0 Å². The smallest absolute Gasteiger partial charge is 0.245 e. The molecule has 3 aliphatic rings. The van der Waals surface area contributed by atoms with E-state index in [2.05, 4.69) is 10.5 Å². The van der Waals surface area contributed by atoms with Crippen LogP contribution in [-0.2, 0) is 4.74 Å². The minimum Gasteiger partial charge on any atom is -0.418 e. The number of hydrazone groups is 1. The van der Waals surface area contributed by atoms with Gasteiger partial charge in [0.05, 0.1) is 0 Å². The van der Waals surface area contributed by atoms with E-state index in [1.54, 1.807) is 12.1 Å². The summed E-state index contributed by atoms with van der Waals surface area (Å²) in [5.74, 6) is 1.14. The van der Waals surface area contributed by atoms with E-state index in [1.807, 2.05) is 16.8 Å². The van der Waals surface area contributed by atoms with Crippen molar-refractivity contribution >= 4 is 17.7 Å². The molecular formula is C15H15FN2OS. The van der Waals surface area contributed by atoms with E-state index >= 15 is 0 Å². The van der Waals surface area contributed by atoms with Crippen molar-refractivity contribution < 1.29 is 9.13 Å². The average molecular weight is 290 g/mol. The highest BCUT2D eigenvalue weighted by atomic mass is 32.2. The van der Waals surface area contributed by atoms with Crippen LogP contribution in [0.3, 0.4) is 0 Å². The molecule has 0 N–H and O–H groups in total. The summed E-state index contributed by atoms with van der Waals surface area (Å²) < 4.78 is 18.8. The minimum absolute atomic E-state index is 0.0510. The zero-order valence-corrected chi connectivity index (χ0v) is 11.8. The molecule has 0 radical (unpaired) electrons. The first kappa shape index (κ1) is 12.3. The topological polar surface area (TPSA) is 24.8 Å². The summed E-state index contributed by atoms with van der Waals surface area (Å²) in [5.41, 5.74) is 0.817. The van der Waals surface area contributed by atoms with Gasteiger partial charge >= 0.3 is 0 Å². The normalized spacial score (nSPS) is 23.4.